The Bertz CT molecular complexity index is 1640. The molecule has 0 unspecified atom stereocenters. The molecule has 4 heterocycles. The Morgan fingerprint density at radius 2 is 1.28 bits per heavy atom. The van der Waals surface area contributed by atoms with E-state index < -0.39 is 0 Å². The van der Waals surface area contributed by atoms with Gasteiger partial charge < -0.3 is 4.74 Å². The molecule has 6 aromatic rings. The SMILES string of the molecule is COc1cc2cccnc2c2ncccc12.N#Cc1ccc2ccc3cccnc3c2n1. The highest BCUT2D eigenvalue weighted by atomic mass is 16.5. The lowest BCUT2D eigenvalue weighted by atomic mass is 10.1. The van der Waals surface area contributed by atoms with Crippen molar-refractivity contribution in [3.63, 3.8) is 0 Å². The highest BCUT2D eigenvalue weighted by Gasteiger charge is 2.07. The second kappa shape index (κ2) is 8.25. The van der Waals surface area contributed by atoms with Crippen LogP contribution in [0.1, 0.15) is 5.69 Å². The van der Waals surface area contributed by atoms with Crippen molar-refractivity contribution < 1.29 is 4.74 Å². The summed E-state index contributed by atoms with van der Waals surface area (Å²) in [5.74, 6) is 0.837. The molecule has 0 aliphatic carbocycles. The van der Waals surface area contributed by atoms with Crippen LogP contribution in [0.25, 0.3) is 43.6 Å². The van der Waals surface area contributed by atoms with Gasteiger partial charge in [0.15, 0.2) is 0 Å². The Morgan fingerprint density at radius 3 is 2.00 bits per heavy atom. The molecule has 0 bridgehead atoms. The zero-order valence-electron chi connectivity index (χ0n) is 17.2. The van der Waals surface area contributed by atoms with Crippen LogP contribution in [0.3, 0.4) is 0 Å². The van der Waals surface area contributed by atoms with Gasteiger partial charge in [-0.3, -0.25) is 15.0 Å². The van der Waals surface area contributed by atoms with Crippen molar-refractivity contribution in [2.45, 2.75) is 0 Å². The fourth-order valence-electron chi connectivity index (χ4n) is 3.70. The van der Waals surface area contributed by atoms with Gasteiger partial charge >= 0.3 is 0 Å². The lowest BCUT2D eigenvalue weighted by Gasteiger charge is -2.07. The fourth-order valence-corrected chi connectivity index (χ4v) is 3.70. The van der Waals surface area contributed by atoms with Gasteiger partial charge in [0.25, 0.3) is 0 Å². The number of nitriles is 1. The molecular weight excluding hydrogens is 398 g/mol. The lowest BCUT2D eigenvalue weighted by Crippen LogP contribution is -1.89. The van der Waals surface area contributed by atoms with E-state index in [-0.39, 0.29) is 0 Å². The first-order valence-corrected chi connectivity index (χ1v) is 9.99. The van der Waals surface area contributed by atoms with Crippen LogP contribution in [0.4, 0.5) is 0 Å². The van der Waals surface area contributed by atoms with Gasteiger partial charge in [0.05, 0.1) is 23.7 Å². The molecule has 6 rings (SSSR count). The van der Waals surface area contributed by atoms with E-state index in [9.17, 15) is 0 Å². The summed E-state index contributed by atoms with van der Waals surface area (Å²) in [5, 5.41) is 12.9. The van der Waals surface area contributed by atoms with Gasteiger partial charge in [0.1, 0.15) is 23.0 Å². The van der Waals surface area contributed by atoms with Crippen molar-refractivity contribution in [2.24, 2.45) is 0 Å². The summed E-state index contributed by atoms with van der Waals surface area (Å²) in [6.07, 6.45) is 5.29. The smallest absolute Gasteiger partial charge is 0.141 e. The summed E-state index contributed by atoms with van der Waals surface area (Å²) in [6, 6.07) is 23.4. The summed E-state index contributed by atoms with van der Waals surface area (Å²) < 4.78 is 5.37. The molecule has 0 radical (unpaired) electrons. The first-order chi connectivity index (χ1) is 15.8. The first kappa shape index (κ1) is 19.3. The van der Waals surface area contributed by atoms with Gasteiger partial charge in [-0.2, -0.15) is 5.26 Å². The van der Waals surface area contributed by atoms with Crippen LogP contribution in [0.5, 0.6) is 5.75 Å². The highest BCUT2D eigenvalue weighted by Crippen LogP contribution is 2.30. The molecule has 0 saturated carbocycles. The molecule has 32 heavy (non-hydrogen) atoms. The number of fused-ring (bicyclic) bond motifs is 6. The van der Waals surface area contributed by atoms with Crippen molar-refractivity contribution in [2.75, 3.05) is 7.11 Å². The zero-order chi connectivity index (χ0) is 21.9. The number of nitrogens with zero attached hydrogens (tertiary/aromatic N) is 5. The molecule has 6 nitrogen and oxygen atoms in total. The standard InChI is InChI=1S/C13H7N3.C13H10N2O/c14-8-11-6-5-10-4-3-9-2-1-7-15-12(9)13(10)16-11;1-16-11-8-9-4-2-6-14-12(9)13-10(11)5-3-7-15-13/h1-7H;2-8H,1H3. The van der Waals surface area contributed by atoms with Crippen molar-refractivity contribution in [1.82, 2.24) is 19.9 Å². The van der Waals surface area contributed by atoms with Crippen molar-refractivity contribution in [3.05, 3.63) is 91.0 Å². The molecule has 0 N–H and O–H groups in total. The molecule has 6 heteroatoms. The second-order valence-electron chi connectivity index (χ2n) is 7.07. The number of pyridine rings is 4. The van der Waals surface area contributed by atoms with E-state index in [2.05, 4.69) is 19.9 Å². The maximum atomic E-state index is 8.84. The van der Waals surface area contributed by atoms with Gasteiger partial charge in [-0.05, 0) is 42.5 Å². The normalized spacial score (nSPS) is 10.6. The maximum absolute atomic E-state index is 8.84. The van der Waals surface area contributed by atoms with E-state index in [1.54, 1.807) is 31.8 Å². The number of benzene rings is 2. The molecule has 0 aliphatic rings. The van der Waals surface area contributed by atoms with E-state index in [1.165, 1.54) is 0 Å². The molecule has 4 aromatic heterocycles. The number of hydrogen-bond acceptors (Lipinski definition) is 6. The average Bonchev–Trinajstić information content (AvgIpc) is 2.88. The average molecular weight is 415 g/mol. The predicted octanol–water partition coefficient (Wildman–Crippen LogP) is 5.45. The van der Waals surface area contributed by atoms with Crippen LogP contribution >= 0.6 is 0 Å². The minimum absolute atomic E-state index is 0.422. The summed E-state index contributed by atoms with van der Waals surface area (Å²) in [4.78, 5) is 17.4. The molecular formula is C26H17N5O. The van der Waals surface area contributed by atoms with Gasteiger partial charge in [0.2, 0.25) is 0 Å². The van der Waals surface area contributed by atoms with Crippen molar-refractivity contribution in [1.29, 1.82) is 5.26 Å². The van der Waals surface area contributed by atoms with E-state index in [0.717, 1.165) is 49.4 Å². The van der Waals surface area contributed by atoms with E-state index in [0.29, 0.717) is 5.69 Å². The number of rotatable bonds is 1. The molecule has 0 fully saturated rings. The summed E-state index contributed by atoms with van der Waals surface area (Å²) in [7, 11) is 1.67. The maximum Gasteiger partial charge on any atom is 0.141 e. The Labute approximate surface area is 183 Å². The Hall–Kier alpha value is -4.63. The minimum atomic E-state index is 0.422. The van der Waals surface area contributed by atoms with Crippen LogP contribution in [0.15, 0.2) is 85.3 Å². The van der Waals surface area contributed by atoms with Gasteiger partial charge in [0, 0.05) is 40.1 Å². The molecule has 0 amide bonds. The number of ether oxygens (including phenoxy) is 1. The van der Waals surface area contributed by atoms with Gasteiger partial charge in [-0.1, -0.05) is 24.3 Å². The Kier molecular flexibility index (Phi) is 4.98. The summed E-state index contributed by atoms with van der Waals surface area (Å²) in [5.41, 5.74) is 3.86. The third-order valence-corrected chi connectivity index (χ3v) is 5.19. The third kappa shape index (κ3) is 3.42. The van der Waals surface area contributed by atoms with Crippen LogP contribution < -0.4 is 4.74 Å². The van der Waals surface area contributed by atoms with Crippen LogP contribution in [0, 0.1) is 11.3 Å². The molecule has 0 aliphatic heterocycles. The zero-order valence-corrected chi connectivity index (χ0v) is 17.2. The van der Waals surface area contributed by atoms with Crippen LogP contribution in [-0.2, 0) is 0 Å². The summed E-state index contributed by atoms with van der Waals surface area (Å²) >= 11 is 0. The van der Waals surface area contributed by atoms with Gasteiger partial charge in [-0.25, -0.2) is 4.98 Å². The third-order valence-electron chi connectivity index (χ3n) is 5.19. The lowest BCUT2D eigenvalue weighted by molar-refractivity contribution is 0.420. The molecule has 0 saturated heterocycles. The van der Waals surface area contributed by atoms with Crippen molar-refractivity contribution in [3.8, 4) is 11.8 Å². The summed E-state index contributed by atoms with van der Waals surface area (Å²) in [6.45, 7) is 0. The monoisotopic (exact) mass is 415 g/mol. The Balaban J connectivity index is 0.000000135. The topological polar surface area (TPSA) is 84.6 Å². The second-order valence-corrected chi connectivity index (χ2v) is 7.07. The van der Waals surface area contributed by atoms with E-state index in [4.69, 9.17) is 10.00 Å². The first-order valence-electron chi connectivity index (χ1n) is 9.99. The van der Waals surface area contributed by atoms with Crippen LogP contribution in [-0.4, -0.2) is 27.0 Å². The highest BCUT2D eigenvalue weighted by molar-refractivity contribution is 6.06. The van der Waals surface area contributed by atoms with Crippen LogP contribution in [0.2, 0.25) is 0 Å². The Morgan fingerprint density at radius 1 is 0.688 bits per heavy atom. The van der Waals surface area contributed by atoms with Crippen molar-refractivity contribution >= 4 is 43.6 Å². The number of methoxy groups -OCH3 is 1. The predicted molar refractivity (Wildman–Crippen MR) is 125 cm³/mol. The quantitative estimate of drug-likeness (QED) is 0.332. The van der Waals surface area contributed by atoms with E-state index in [1.807, 2.05) is 66.7 Å². The van der Waals surface area contributed by atoms with Gasteiger partial charge in [-0.15, -0.1) is 0 Å². The molecule has 2 aromatic carbocycles. The molecule has 0 atom stereocenters. The fraction of sp³-hybridized carbons (Fsp3) is 0.0385. The molecule has 0 spiro atoms. The number of hydrogen-bond donors (Lipinski definition) is 0. The molecule has 152 valence electrons. The number of aromatic nitrogens is 4. The minimum Gasteiger partial charge on any atom is -0.496 e. The largest absolute Gasteiger partial charge is 0.496 e. The van der Waals surface area contributed by atoms with E-state index >= 15 is 0 Å².